The van der Waals surface area contributed by atoms with Crippen molar-refractivity contribution in [1.29, 1.82) is 0 Å². The molecule has 0 bridgehead atoms. The van der Waals surface area contributed by atoms with Gasteiger partial charge in [0.25, 0.3) is 0 Å². The predicted octanol–water partition coefficient (Wildman–Crippen LogP) is 5.27. The minimum absolute atomic E-state index is 0.0276. The Balaban J connectivity index is 1.73. The Labute approximate surface area is 172 Å². The van der Waals surface area contributed by atoms with Crippen molar-refractivity contribution in [3.63, 3.8) is 0 Å². The van der Waals surface area contributed by atoms with Gasteiger partial charge in [0.15, 0.2) is 11.6 Å². The Bertz CT molecular complexity index is 1290. The molecule has 1 aromatic heterocycles. The van der Waals surface area contributed by atoms with Crippen LogP contribution in [0.2, 0.25) is 5.02 Å². The molecule has 1 heterocycles. The number of hydrogen-bond acceptors (Lipinski definition) is 3. The highest BCUT2D eigenvalue weighted by atomic mass is 35.5. The van der Waals surface area contributed by atoms with E-state index in [1.54, 1.807) is 30.3 Å². The molecule has 0 fully saturated rings. The van der Waals surface area contributed by atoms with Crippen molar-refractivity contribution in [1.82, 2.24) is 10.2 Å². The molecule has 8 heteroatoms. The lowest BCUT2D eigenvalue weighted by molar-refractivity contribution is 0.600. The van der Waals surface area contributed by atoms with Gasteiger partial charge in [0.2, 0.25) is 10.0 Å². The van der Waals surface area contributed by atoms with E-state index < -0.39 is 15.8 Å². The molecule has 0 unspecified atom stereocenters. The summed E-state index contributed by atoms with van der Waals surface area (Å²) in [6, 6.07) is 17.9. The van der Waals surface area contributed by atoms with E-state index in [2.05, 4.69) is 14.9 Å². The highest BCUT2D eigenvalue weighted by molar-refractivity contribution is 7.91. The number of sulfonamides is 1. The summed E-state index contributed by atoms with van der Waals surface area (Å²) in [6.45, 7) is 1.93. The zero-order valence-corrected chi connectivity index (χ0v) is 17.0. The quantitative estimate of drug-likeness (QED) is 0.453. The lowest BCUT2D eigenvalue weighted by Crippen LogP contribution is -2.15. The van der Waals surface area contributed by atoms with E-state index >= 15 is 0 Å². The van der Waals surface area contributed by atoms with Crippen LogP contribution in [0, 0.1) is 12.7 Å². The number of fused-ring (bicyclic) bond motifs is 1. The van der Waals surface area contributed by atoms with Crippen molar-refractivity contribution in [2.45, 2.75) is 12.7 Å². The molecule has 0 atom stereocenters. The normalized spacial score (nSPS) is 11.7. The van der Waals surface area contributed by atoms with Crippen molar-refractivity contribution in [3.05, 3.63) is 82.6 Å². The fourth-order valence-electron chi connectivity index (χ4n) is 3.09. The fourth-order valence-corrected chi connectivity index (χ4v) is 4.50. The summed E-state index contributed by atoms with van der Waals surface area (Å²) in [6.07, 6.45) is 0. The van der Waals surface area contributed by atoms with Gasteiger partial charge in [-0.2, -0.15) is 5.10 Å². The average molecular weight is 430 g/mol. The fraction of sp³-hybridized carbons (Fsp3) is 0.0952. The summed E-state index contributed by atoms with van der Waals surface area (Å²) in [5.41, 5.74) is 2.90. The topological polar surface area (TPSA) is 74.8 Å². The Morgan fingerprint density at radius 2 is 1.79 bits per heavy atom. The molecule has 0 spiro atoms. The number of aromatic amines is 1. The number of halogens is 2. The van der Waals surface area contributed by atoms with Crippen LogP contribution in [-0.2, 0) is 15.8 Å². The van der Waals surface area contributed by atoms with Gasteiger partial charge in [-0.3, -0.25) is 9.82 Å². The Morgan fingerprint density at radius 3 is 2.48 bits per heavy atom. The van der Waals surface area contributed by atoms with Crippen LogP contribution in [0.3, 0.4) is 0 Å². The molecular formula is C21H17ClFN3O2S. The van der Waals surface area contributed by atoms with Crippen LogP contribution >= 0.6 is 11.6 Å². The number of aryl methyl sites for hydroxylation is 1. The number of anilines is 1. The summed E-state index contributed by atoms with van der Waals surface area (Å²) in [5.74, 6) is -0.872. The summed E-state index contributed by atoms with van der Waals surface area (Å²) >= 11 is 6.21. The van der Waals surface area contributed by atoms with Gasteiger partial charge in [-0.15, -0.1) is 0 Å². The minimum atomic E-state index is -3.75. The number of aromatic nitrogens is 2. The molecule has 0 aliphatic heterocycles. The zero-order valence-electron chi connectivity index (χ0n) is 15.4. The number of benzene rings is 3. The van der Waals surface area contributed by atoms with Gasteiger partial charge in [0.1, 0.15) is 5.52 Å². The molecule has 148 valence electrons. The van der Waals surface area contributed by atoms with E-state index in [9.17, 15) is 12.8 Å². The van der Waals surface area contributed by atoms with E-state index in [1.807, 2.05) is 37.3 Å². The maximum absolute atomic E-state index is 14.8. The average Bonchev–Trinajstić information content (AvgIpc) is 3.09. The highest BCUT2D eigenvalue weighted by Gasteiger charge is 2.21. The molecule has 0 saturated heterocycles. The van der Waals surface area contributed by atoms with Crippen molar-refractivity contribution in [2.75, 3.05) is 4.72 Å². The van der Waals surface area contributed by atoms with Gasteiger partial charge in [0, 0.05) is 10.9 Å². The number of rotatable bonds is 5. The second kappa shape index (κ2) is 7.50. The molecular weight excluding hydrogens is 413 g/mol. The largest absolute Gasteiger partial charge is 0.273 e. The molecule has 0 amide bonds. The zero-order chi connectivity index (χ0) is 20.6. The van der Waals surface area contributed by atoms with E-state index in [1.165, 1.54) is 0 Å². The molecule has 4 aromatic rings. The first-order chi connectivity index (χ1) is 13.8. The monoisotopic (exact) mass is 429 g/mol. The second-order valence-corrected chi connectivity index (χ2v) is 8.86. The first-order valence-corrected chi connectivity index (χ1v) is 10.8. The van der Waals surface area contributed by atoms with E-state index in [4.69, 9.17) is 11.6 Å². The summed E-state index contributed by atoms with van der Waals surface area (Å²) in [7, 11) is -3.75. The molecule has 0 aliphatic carbocycles. The first-order valence-electron chi connectivity index (χ1n) is 8.81. The van der Waals surface area contributed by atoms with Crippen LogP contribution in [0.15, 0.2) is 60.7 Å². The van der Waals surface area contributed by atoms with E-state index in [0.29, 0.717) is 22.1 Å². The van der Waals surface area contributed by atoms with Crippen molar-refractivity contribution >= 4 is 38.3 Å². The Hall–Kier alpha value is -2.90. The maximum atomic E-state index is 14.8. The standard InChI is InChI=1S/C21H17ClFN3O2S/c1-13-7-9-14(10-8-13)12-29(27,28)26-21-17-11-16(15-5-3-2-4-6-15)18(22)19(23)20(17)24-25-21/h2-11H,12H2,1H3,(H2,24,25,26). The third-order valence-corrected chi connectivity index (χ3v) is 6.14. The smallest absolute Gasteiger partial charge is 0.238 e. The second-order valence-electron chi connectivity index (χ2n) is 6.76. The van der Waals surface area contributed by atoms with Crippen LogP contribution in [-0.4, -0.2) is 18.6 Å². The van der Waals surface area contributed by atoms with Crippen LogP contribution in [0.4, 0.5) is 10.2 Å². The van der Waals surface area contributed by atoms with Crippen LogP contribution < -0.4 is 4.72 Å². The predicted molar refractivity (Wildman–Crippen MR) is 114 cm³/mol. The number of nitrogens with one attached hydrogen (secondary N) is 2. The van der Waals surface area contributed by atoms with Crippen molar-refractivity contribution in [2.24, 2.45) is 0 Å². The minimum Gasteiger partial charge on any atom is -0.273 e. The molecule has 0 saturated carbocycles. The number of hydrogen-bond donors (Lipinski definition) is 2. The number of H-pyrrole nitrogens is 1. The highest BCUT2D eigenvalue weighted by Crippen LogP contribution is 2.37. The molecule has 5 nitrogen and oxygen atoms in total. The van der Waals surface area contributed by atoms with Crippen LogP contribution in [0.1, 0.15) is 11.1 Å². The van der Waals surface area contributed by atoms with Gasteiger partial charge in [-0.1, -0.05) is 71.8 Å². The van der Waals surface area contributed by atoms with Gasteiger partial charge >= 0.3 is 0 Å². The Kier molecular flexibility index (Phi) is 5.02. The van der Waals surface area contributed by atoms with Crippen LogP contribution in [0.5, 0.6) is 0 Å². The molecule has 3 aromatic carbocycles. The summed E-state index contributed by atoms with van der Waals surface area (Å²) in [4.78, 5) is 0. The van der Waals surface area contributed by atoms with Gasteiger partial charge in [-0.25, -0.2) is 12.8 Å². The third-order valence-electron chi connectivity index (χ3n) is 4.56. The van der Waals surface area contributed by atoms with E-state index in [-0.39, 0.29) is 22.1 Å². The van der Waals surface area contributed by atoms with Crippen molar-refractivity contribution < 1.29 is 12.8 Å². The first kappa shape index (κ1) is 19.4. The molecule has 29 heavy (non-hydrogen) atoms. The molecule has 0 radical (unpaired) electrons. The SMILES string of the molecule is Cc1ccc(CS(=O)(=O)Nc2n[nH]c3c(F)c(Cl)c(-c4ccccc4)cc23)cc1. The van der Waals surface area contributed by atoms with Gasteiger partial charge in [0.05, 0.1) is 10.8 Å². The Morgan fingerprint density at radius 1 is 1.10 bits per heavy atom. The van der Waals surface area contributed by atoms with E-state index in [0.717, 1.165) is 5.56 Å². The third kappa shape index (κ3) is 3.97. The van der Waals surface area contributed by atoms with Crippen LogP contribution in [0.25, 0.3) is 22.0 Å². The van der Waals surface area contributed by atoms with Gasteiger partial charge < -0.3 is 0 Å². The summed E-state index contributed by atoms with van der Waals surface area (Å²) < 4.78 is 42.5. The maximum Gasteiger partial charge on any atom is 0.238 e. The lowest BCUT2D eigenvalue weighted by Gasteiger charge is -2.09. The molecule has 0 aliphatic rings. The lowest BCUT2D eigenvalue weighted by atomic mass is 10.0. The molecule has 2 N–H and O–H groups in total. The number of nitrogens with zero attached hydrogens (tertiary/aromatic N) is 1. The van der Waals surface area contributed by atoms with Crippen molar-refractivity contribution in [3.8, 4) is 11.1 Å². The van der Waals surface area contributed by atoms with Gasteiger partial charge in [-0.05, 0) is 24.1 Å². The summed E-state index contributed by atoms with van der Waals surface area (Å²) in [5, 5.41) is 6.74. The molecule has 4 rings (SSSR count).